The minimum Gasteiger partial charge on any atom is -0.497 e. The van der Waals surface area contributed by atoms with Crippen molar-refractivity contribution in [3.63, 3.8) is 0 Å². The van der Waals surface area contributed by atoms with Gasteiger partial charge in [0.05, 0.1) is 20.3 Å². The van der Waals surface area contributed by atoms with Crippen LogP contribution in [0.25, 0.3) is 0 Å². The number of amides is 1. The van der Waals surface area contributed by atoms with Crippen LogP contribution in [0.1, 0.15) is 32.8 Å². The van der Waals surface area contributed by atoms with Gasteiger partial charge in [0.25, 0.3) is 0 Å². The Bertz CT molecular complexity index is 586. The number of ether oxygens (including phenoxy) is 2. The summed E-state index contributed by atoms with van der Waals surface area (Å²) in [6, 6.07) is 5.55. The zero-order chi connectivity index (χ0) is 18.6. The van der Waals surface area contributed by atoms with Gasteiger partial charge in [0.1, 0.15) is 11.5 Å². The third-order valence-electron chi connectivity index (χ3n) is 4.65. The van der Waals surface area contributed by atoms with E-state index in [2.05, 4.69) is 10.2 Å². The summed E-state index contributed by atoms with van der Waals surface area (Å²) in [6.07, 6.45) is 0.934. The van der Waals surface area contributed by atoms with E-state index in [4.69, 9.17) is 15.2 Å². The lowest BCUT2D eigenvalue weighted by Gasteiger charge is -2.27. The van der Waals surface area contributed by atoms with Crippen molar-refractivity contribution in [3.8, 4) is 11.5 Å². The lowest BCUT2D eigenvalue weighted by atomic mass is 9.87. The smallest absolute Gasteiger partial charge is 0.237 e. The molecular weight excluding hydrogens is 389 g/mol. The summed E-state index contributed by atoms with van der Waals surface area (Å²) in [4.78, 5) is 14.6. The monoisotopic (exact) mass is 421 g/mol. The normalized spacial score (nSPS) is 18.1. The summed E-state index contributed by atoms with van der Waals surface area (Å²) >= 11 is 0. The van der Waals surface area contributed by atoms with Crippen molar-refractivity contribution in [3.05, 3.63) is 23.8 Å². The van der Waals surface area contributed by atoms with Crippen LogP contribution in [0.15, 0.2) is 18.2 Å². The molecule has 8 heteroatoms. The largest absolute Gasteiger partial charge is 0.497 e. The van der Waals surface area contributed by atoms with Crippen molar-refractivity contribution in [1.82, 2.24) is 10.2 Å². The molecule has 0 aromatic heterocycles. The quantitative estimate of drug-likeness (QED) is 0.737. The summed E-state index contributed by atoms with van der Waals surface area (Å²) < 4.78 is 10.6. The van der Waals surface area contributed by atoms with Crippen LogP contribution in [0.4, 0.5) is 0 Å². The number of benzene rings is 1. The second-order valence-corrected chi connectivity index (χ2v) is 7.79. The molecule has 1 aliphatic rings. The first-order valence-electron chi connectivity index (χ1n) is 8.73. The van der Waals surface area contributed by atoms with Crippen molar-refractivity contribution in [2.45, 2.75) is 45.8 Å². The fraction of sp³-hybridized carbons (Fsp3) is 0.632. The maximum absolute atomic E-state index is 12.3. The molecule has 1 aromatic carbocycles. The number of nitrogens with one attached hydrogen (secondary N) is 1. The van der Waals surface area contributed by atoms with Crippen molar-refractivity contribution in [2.24, 2.45) is 11.1 Å². The van der Waals surface area contributed by atoms with E-state index in [0.717, 1.165) is 43.1 Å². The van der Waals surface area contributed by atoms with Gasteiger partial charge in [-0.15, -0.1) is 24.8 Å². The highest BCUT2D eigenvalue weighted by molar-refractivity contribution is 5.85. The zero-order valence-corrected chi connectivity index (χ0v) is 18.4. The van der Waals surface area contributed by atoms with Gasteiger partial charge in [-0.05, 0) is 29.5 Å². The first-order chi connectivity index (χ1) is 11.7. The van der Waals surface area contributed by atoms with Crippen molar-refractivity contribution >= 4 is 30.7 Å². The number of halogens is 2. The molecule has 1 fully saturated rings. The molecule has 1 saturated heterocycles. The molecule has 2 atom stereocenters. The number of nitrogens with zero attached hydrogens (tertiary/aromatic N) is 1. The summed E-state index contributed by atoms with van der Waals surface area (Å²) in [6.45, 7) is 8.50. The number of carbonyl (C=O) groups excluding carboxylic acids is 1. The van der Waals surface area contributed by atoms with Crippen molar-refractivity contribution < 1.29 is 14.3 Å². The molecule has 1 amide bonds. The van der Waals surface area contributed by atoms with Crippen LogP contribution in [-0.4, -0.2) is 50.2 Å². The van der Waals surface area contributed by atoms with Gasteiger partial charge >= 0.3 is 0 Å². The number of likely N-dealkylation sites (tertiary alicyclic amines) is 1. The second kappa shape index (κ2) is 11.0. The molecule has 0 radical (unpaired) electrons. The lowest BCUT2D eigenvalue weighted by molar-refractivity contribution is -0.125. The number of methoxy groups -OCH3 is 2. The minimum atomic E-state index is -0.496. The Hall–Kier alpha value is -1.21. The lowest BCUT2D eigenvalue weighted by Crippen LogP contribution is -2.51. The van der Waals surface area contributed by atoms with E-state index in [-0.39, 0.29) is 42.2 Å². The molecule has 27 heavy (non-hydrogen) atoms. The van der Waals surface area contributed by atoms with Gasteiger partial charge in [-0.25, -0.2) is 0 Å². The molecule has 0 aliphatic carbocycles. The van der Waals surface area contributed by atoms with Crippen LogP contribution >= 0.6 is 24.8 Å². The Morgan fingerprint density at radius 2 is 1.78 bits per heavy atom. The molecular formula is C19H33Cl2N3O3. The highest BCUT2D eigenvalue weighted by Crippen LogP contribution is 2.24. The molecule has 1 aromatic rings. The number of rotatable bonds is 6. The van der Waals surface area contributed by atoms with Gasteiger partial charge in [-0.2, -0.15) is 0 Å². The van der Waals surface area contributed by atoms with Crippen LogP contribution in [0, 0.1) is 5.41 Å². The maximum atomic E-state index is 12.3. The van der Waals surface area contributed by atoms with E-state index < -0.39 is 6.04 Å². The van der Waals surface area contributed by atoms with Gasteiger partial charge < -0.3 is 20.5 Å². The summed E-state index contributed by atoms with van der Waals surface area (Å²) in [5.74, 6) is 1.51. The molecule has 1 unspecified atom stereocenters. The molecule has 1 aliphatic heterocycles. The molecule has 6 nitrogen and oxygen atoms in total. The van der Waals surface area contributed by atoms with E-state index in [1.165, 1.54) is 0 Å². The van der Waals surface area contributed by atoms with Crippen molar-refractivity contribution in [2.75, 3.05) is 27.3 Å². The van der Waals surface area contributed by atoms with Gasteiger partial charge in [-0.3, -0.25) is 9.69 Å². The Morgan fingerprint density at radius 3 is 2.26 bits per heavy atom. The molecule has 0 saturated carbocycles. The minimum absolute atomic E-state index is 0. The Labute approximate surface area is 175 Å². The summed E-state index contributed by atoms with van der Waals surface area (Å²) in [5.41, 5.74) is 6.94. The standard InChI is InChI=1S/C19H31N3O3.2ClH/c1-19(2,3)17(20)18(23)21-14-6-7-22(12-14)11-13-8-15(24-4)10-16(9-13)25-5;;/h8-10,14,17H,6-7,11-12,20H2,1-5H3,(H,21,23);2*1H/t14?,17-;;/m1../s1. The van der Waals surface area contributed by atoms with E-state index in [0.29, 0.717) is 0 Å². The van der Waals surface area contributed by atoms with Crippen LogP contribution in [0.5, 0.6) is 11.5 Å². The molecule has 156 valence electrons. The van der Waals surface area contributed by atoms with Gasteiger partial charge in [0.2, 0.25) is 5.91 Å². The van der Waals surface area contributed by atoms with Crippen LogP contribution in [-0.2, 0) is 11.3 Å². The molecule has 0 spiro atoms. The number of nitrogens with two attached hydrogens (primary N) is 1. The van der Waals surface area contributed by atoms with E-state index in [1.54, 1.807) is 14.2 Å². The van der Waals surface area contributed by atoms with E-state index >= 15 is 0 Å². The Morgan fingerprint density at radius 1 is 1.22 bits per heavy atom. The number of carbonyl (C=O) groups is 1. The molecule has 0 bridgehead atoms. The van der Waals surface area contributed by atoms with Gasteiger partial charge in [0, 0.05) is 31.7 Å². The zero-order valence-electron chi connectivity index (χ0n) is 16.8. The van der Waals surface area contributed by atoms with Crippen LogP contribution in [0.2, 0.25) is 0 Å². The number of hydrogen-bond donors (Lipinski definition) is 2. The van der Waals surface area contributed by atoms with Crippen LogP contribution < -0.4 is 20.5 Å². The van der Waals surface area contributed by atoms with Gasteiger partial charge in [-0.1, -0.05) is 20.8 Å². The van der Waals surface area contributed by atoms with E-state index in [1.807, 2.05) is 39.0 Å². The molecule has 1 heterocycles. The third kappa shape index (κ3) is 7.37. The fourth-order valence-corrected chi connectivity index (χ4v) is 2.99. The maximum Gasteiger partial charge on any atom is 0.237 e. The average molecular weight is 422 g/mol. The molecule has 3 N–H and O–H groups in total. The number of hydrogen-bond acceptors (Lipinski definition) is 5. The fourth-order valence-electron chi connectivity index (χ4n) is 2.99. The predicted octanol–water partition coefficient (Wildman–Crippen LogP) is 2.61. The first-order valence-corrected chi connectivity index (χ1v) is 8.73. The first kappa shape index (κ1) is 25.8. The topological polar surface area (TPSA) is 76.8 Å². The second-order valence-electron chi connectivity index (χ2n) is 7.79. The average Bonchev–Trinajstić information content (AvgIpc) is 2.99. The Kier molecular flexibility index (Phi) is 10.5. The predicted molar refractivity (Wildman–Crippen MR) is 113 cm³/mol. The SMILES string of the molecule is COc1cc(CN2CCC(NC(=O)[C@@H](N)C(C)(C)C)C2)cc(OC)c1.Cl.Cl. The third-order valence-corrected chi connectivity index (χ3v) is 4.65. The summed E-state index contributed by atoms with van der Waals surface area (Å²) in [7, 11) is 3.30. The summed E-state index contributed by atoms with van der Waals surface area (Å²) in [5, 5.41) is 3.09. The van der Waals surface area contributed by atoms with E-state index in [9.17, 15) is 4.79 Å². The highest BCUT2D eigenvalue weighted by Gasteiger charge is 2.31. The van der Waals surface area contributed by atoms with Gasteiger partial charge in [0.15, 0.2) is 0 Å². The molecule has 2 rings (SSSR count). The highest BCUT2D eigenvalue weighted by atomic mass is 35.5. The van der Waals surface area contributed by atoms with Crippen LogP contribution in [0.3, 0.4) is 0 Å². The van der Waals surface area contributed by atoms with Crippen molar-refractivity contribution in [1.29, 1.82) is 0 Å². The Balaban J connectivity index is 0.00000338.